The summed E-state index contributed by atoms with van der Waals surface area (Å²) in [6.07, 6.45) is 53.8. The van der Waals surface area contributed by atoms with E-state index in [1.165, 1.54) is 212 Å². The molecule has 0 aromatic carbocycles. The van der Waals surface area contributed by atoms with Gasteiger partial charge in [-0.2, -0.15) is 0 Å². The first-order valence-corrected chi connectivity index (χ1v) is 27.9. The van der Waals surface area contributed by atoms with E-state index in [-0.39, 0.29) is 31.1 Å². The summed E-state index contributed by atoms with van der Waals surface area (Å²) in [4.78, 5) is 38.0. The van der Waals surface area contributed by atoms with Crippen LogP contribution in [0.1, 0.15) is 317 Å². The van der Waals surface area contributed by atoms with Crippen LogP contribution in [0, 0.1) is 5.92 Å². The molecule has 0 spiro atoms. The monoisotopic (exact) mass is 877 g/mol. The van der Waals surface area contributed by atoms with Crippen molar-refractivity contribution >= 4 is 17.9 Å². The van der Waals surface area contributed by atoms with E-state index >= 15 is 0 Å². The lowest BCUT2D eigenvalue weighted by atomic mass is 10.0. The smallest absolute Gasteiger partial charge is 0.306 e. The summed E-state index contributed by atoms with van der Waals surface area (Å²) < 4.78 is 16.9. The first-order valence-electron chi connectivity index (χ1n) is 27.9. The summed E-state index contributed by atoms with van der Waals surface area (Å²) in [5.74, 6) is -0.0234. The van der Waals surface area contributed by atoms with Gasteiger partial charge >= 0.3 is 17.9 Å². The predicted octanol–water partition coefficient (Wildman–Crippen LogP) is 18.2. The molecule has 0 aliphatic rings. The Morgan fingerprint density at radius 1 is 0.306 bits per heavy atom. The van der Waals surface area contributed by atoms with Crippen molar-refractivity contribution in [1.82, 2.24) is 0 Å². The summed E-state index contributed by atoms with van der Waals surface area (Å²) in [6.45, 7) is 9.03. The molecule has 368 valence electrons. The largest absolute Gasteiger partial charge is 0.462 e. The zero-order chi connectivity index (χ0) is 45.2. The molecule has 0 unspecified atom stereocenters. The Kier molecular flexibility index (Phi) is 49.1. The number of esters is 3. The van der Waals surface area contributed by atoms with Gasteiger partial charge in [-0.3, -0.25) is 14.4 Å². The van der Waals surface area contributed by atoms with Gasteiger partial charge in [0, 0.05) is 19.3 Å². The van der Waals surface area contributed by atoms with Crippen LogP contribution in [0.4, 0.5) is 0 Å². The molecule has 0 saturated carbocycles. The molecular formula is C56H108O6. The molecule has 0 aromatic heterocycles. The van der Waals surface area contributed by atoms with Gasteiger partial charge in [-0.15, -0.1) is 0 Å². The molecule has 0 aliphatic carbocycles. The van der Waals surface area contributed by atoms with Crippen LogP contribution >= 0.6 is 0 Å². The number of hydrogen-bond donors (Lipinski definition) is 0. The SMILES string of the molecule is CCCCCCCCCCCCCCCCCCCCC(=O)OC[C@H](COC(=O)CCCCCCCCCCCCCCC)OC(=O)CCCCCCCCCCCCC(C)C. The van der Waals surface area contributed by atoms with E-state index in [4.69, 9.17) is 14.2 Å². The van der Waals surface area contributed by atoms with Gasteiger partial charge in [-0.1, -0.05) is 278 Å². The summed E-state index contributed by atoms with van der Waals surface area (Å²) in [5.41, 5.74) is 0. The van der Waals surface area contributed by atoms with E-state index < -0.39 is 6.10 Å². The Labute approximate surface area is 387 Å². The quantitative estimate of drug-likeness (QED) is 0.0344. The fraction of sp³-hybridized carbons (Fsp3) is 0.946. The Morgan fingerprint density at radius 2 is 0.532 bits per heavy atom. The Balaban J connectivity index is 4.27. The average Bonchev–Trinajstić information content (AvgIpc) is 3.26. The predicted molar refractivity (Wildman–Crippen MR) is 266 cm³/mol. The number of carbonyl (C=O) groups excluding carboxylic acids is 3. The van der Waals surface area contributed by atoms with Crippen LogP contribution < -0.4 is 0 Å². The molecular weight excluding hydrogens is 769 g/mol. The molecule has 0 fully saturated rings. The molecule has 6 nitrogen and oxygen atoms in total. The van der Waals surface area contributed by atoms with E-state index in [9.17, 15) is 14.4 Å². The molecule has 0 aromatic rings. The van der Waals surface area contributed by atoms with Gasteiger partial charge in [-0.25, -0.2) is 0 Å². The van der Waals surface area contributed by atoms with Crippen LogP contribution in [0.3, 0.4) is 0 Å². The number of rotatable bonds is 51. The second-order valence-electron chi connectivity index (χ2n) is 19.7. The van der Waals surface area contributed by atoms with Gasteiger partial charge in [0.05, 0.1) is 0 Å². The van der Waals surface area contributed by atoms with Gasteiger partial charge in [0.2, 0.25) is 0 Å². The zero-order valence-corrected chi connectivity index (χ0v) is 42.3. The van der Waals surface area contributed by atoms with Crippen molar-refractivity contribution in [3.05, 3.63) is 0 Å². The lowest BCUT2D eigenvalue weighted by Crippen LogP contribution is -2.30. The van der Waals surface area contributed by atoms with Crippen molar-refractivity contribution in [2.24, 2.45) is 5.92 Å². The normalized spacial score (nSPS) is 12.0. The second-order valence-corrected chi connectivity index (χ2v) is 19.7. The van der Waals surface area contributed by atoms with Crippen LogP contribution in [-0.4, -0.2) is 37.2 Å². The zero-order valence-electron chi connectivity index (χ0n) is 42.3. The second kappa shape index (κ2) is 50.4. The van der Waals surface area contributed by atoms with E-state index in [1.807, 2.05) is 0 Å². The summed E-state index contributed by atoms with van der Waals surface area (Å²) in [5, 5.41) is 0. The third-order valence-corrected chi connectivity index (χ3v) is 12.8. The lowest BCUT2D eigenvalue weighted by Gasteiger charge is -2.18. The first-order chi connectivity index (χ1) is 30.4. The van der Waals surface area contributed by atoms with E-state index in [2.05, 4.69) is 27.7 Å². The van der Waals surface area contributed by atoms with Crippen molar-refractivity contribution < 1.29 is 28.6 Å². The minimum atomic E-state index is -0.761. The fourth-order valence-electron chi connectivity index (χ4n) is 8.57. The highest BCUT2D eigenvalue weighted by Gasteiger charge is 2.19. The van der Waals surface area contributed by atoms with Crippen LogP contribution in [0.15, 0.2) is 0 Å². The molecule has 0 saturated heterocycles. The van der Waals surface area contributed by atoms with E-state index in [1.54, 1.807) is 0 Å². The van der Waals surface area contributed by atoms with Gasteiger partial charge < -0.3 is 14.2 Å². The first kappa shape index (κ1) is 60.4. The molecule has 0 amide bonds. The van der Waals surface area contributed by atoms with Crippen molar-refractivity contribution in [3.8, 4) is 0 Å². The maximum Gasteiger partial charge on any atom is 0.306 e. The maximum absolute atomic E-state index is 12.8. The van der Waals surface area contributed by atoms with Crippen LogP contribution in [-0.2, 0) is 28.6 Å². The topological polar surface area (TPSA) is 78.9 Å². The maximum atomic E-state index is 12.8. The van der Waals surface area contributed by atoms with Crippen LogP contribution in [0.25, 0.3) is 0 Å². The number of hydrogen-bond acceptors (Lipinski definition) is 6. The molecule has 0 radical (unpaired) electrons. The third kappa shape index (κ3) is 49.4. The van der Waals surface area contributed by atoms with Crippen LogP contribution in [0.2, 0.25) is 0 Å². The summed E-state index contributed by atoms with van der Waals surface area (Å²) >= 11 is 0. The highest BCUT2D eigenvalue weighted by molar-refractivity contribution is 5.71. The average molecular weight is 877 g/mol. The van der Waals surface area contributed by atoms with E-state index in [0.29, 0.717) is 19.3 Å². The highest BCUT2D eigenvalue weighted by Crippen LogP contribution is 2.18. The van der Waals surface area contributed by atoms with Crippen molar-refractivity contribution in [3.63, 3.8) is 0 Å². The van der Waals surface area contributed by atoms with Gasteiger partial charge in [0.1, 0.15) is 13.2 Å². The molecule has 0 N–H and O–H groups in total. The van der Waals surface area contributed by atoms with Crippen LogP contribution in [0.5, 0.6) is 0 Å². The minimum Gasteiger partial charge on any atom is -0.462 e. The third-order valence-electron chi connectivity index (χ3n) is 12.8. The molecule has 6 heteroatoms. The standard InChI is InChI=1S/C56H108O6/c1-5-7-9-11-13-15-17-19-20-21-22-23-25-27-32-36-40-44-48-55(58)61-51-53(62-56(59)49-45-41-37-33-29-28-30-34-38-42-46-52(3)4)50-60-54(57)47-43-39-35-31-26-24-18-16-14-12-10-8-6-2/h52-53H,5-51H2,1-4H3/t53-/m0/s1. The molecule has 0 heterocycles. The molecule has 62 heavy (non-hydrogen) atoms. The minimum absolute atomic E-state index is 0.0624. The Hall–Kier alpha value is -1.59. The lowest BCUT2D eigenvalue weighted by molar-refractivity contribution is -0.167. The summed E-state index contributed by atoms with van der Waals surface area (Å²) in [6, 6.07) is 0. The highest BCUT2D eigenvalue weighted by atomic mass is 16.6. The molecule has 0 bridgehead atoms. The number of ether oxygens (including phenoxy) is 3. The summed E-state index contributed by atoms with van der Waals surface area (Å²) in [7, 11) is 0. The van der Waals surface area contributed by atoms with Gasteiger partial charge in [0.15, 0.2) is 6.10 Å². The Bertz CT molecular complexity index is 933. The van der Waals surface area contributed by atoms with Crippen molar-refractivity contribution in [2.45, 2.75) is 323 Å². The van der Waals surface area contributed by atoms with Gasteiger partial charge in [0.25, 0.3) is 0 Å². The van der Waals surface area contributed by atoms with E-state index in [0.717, 1.165) is 63.7 Å². The Morgan fingerprint density at radius 3 is 0.790 bits per heavy atom. The van der Waals surface area contributed by atoms with Crippen molar-refractivity contribution in [2.75, 3.05) is 13.2 Å². The fourth-order valence-corrected chi connectivity index (χ4v) is 8.57. The van der Waals surface area contributed by atoms with Crippen molar-refractivity contribution in [1.29, 1.82) is 0 Å². The van der Waals surface area contributed by atoms with Gasteiger partial charge in [-0.05, 0) is 25.2 Å². The molecule has 1 atom stereocenters. The molecule has 0 aliphatic heterocycles. The number of unbranched alkanes of at least 4 members (excludes halogenated alkanes) is 38. The molecule has 0 rings (SSSR count). The number of carbonyl (C=O) groups is 3.